The molecular formula is C15H20BrN5O2. The second-order valence-corrected chi connectivity index (χ2v) is 7.35. The Balaban J connectivity index is 2.20. The normalized spacial score (nSPS) is 14.6. The lowest BCUT2D eigenvalue weighted by molar-refractivity contribution is 0.0516. The standard InChI is InChI=1S/C15H20BrN5O2/c1-15(2,3)23-14(22)20-21(9-10-5-4-6-10)13-11(16)8-18-12(7-17)19-13/h8,10H,4-6,9H2,1-3H3,(H,20,22). The Labute approximate surface area is 144 Å². The van der Waals surface area contributed by atoms with Crippen LogP contribution in [0.25, 0.3) is 0 Å². The van der Waals surface area contributed by atoms with Crippen LogP contribution >= 0.6 is 15.9 Å². The Morgan fingerprint density at radius 3 is 2.78 bits per heavy atom. The molecular weight excluding hydrogens is 362 g/mol. The lowest BCUT2D eigenvalue weighted by Crippen LogP contribution is -2.48. The third-order valence-electron chi connectivity index (χ3n) is 3.37. The minimum Gasteiger partial charge on any atom is -0.443 e. The van der Waals surface area contributed by atoms with Gasteiger partial charge in [-0.3, -0.25) is 5.01 Å². The second-order valence-electron chi connectivity index (χ2n) is 6.50. The van der Waals surface area contributed by atoms with Gasteiger partial charge in [-0.05, 0) is 55.5 Å². The lowest BCUT2D eigenvalue weighted by atomic mass is 9.85. The molecule has 0 aromatic carbocycles. The Hall–Kier alpha value is -1.88. The van der Waals surface area contributed by atoms with Crippen LogP contribution in [0.3, 0.4) is 0 Å². The topological polar surface area (TPSA) is 91.1 Å². The van der Waals surface area contributed by atoms with Crippen molar-refractivity contribution in [3.05, 3.63) is 16.5 Å². The molecule has 0 bridgehead atoms. The van der Waals surface area contributed by atoms with Gasteiger partial charge in [-0.2, -0.15) is 10.2 Å². The summed E-state index contributed by atoms with van der Waals surface area (Å²) < 4.78 is 5.91. The van der Waals surface area contributed by atoms with Crippen LogP contribution in [0.1, 0.15) is 45.9 Å². The molecule has 1 heterocycles. The highest BCUT2D eigenvalue weighted by Gasteiger charge is 2.26. The zero-order valence-corrected chi connectivity index (χ0v) is 15.1. The Bertz CT molecular complexity index is 619. The summed E-state index contributed by atoms with van der Waals surface area (Å²) in [5.41, 5.74) is 2.13. The van der Waals surface area contributed by atoms with Crippen molar-refractivity contribution in [3.8, 4) is 6.07 Å². The van der Waals surface area contributed by atoms with Gasteiger partial charge in [0.15, 0.2) is 5.82 Å². The van der Waals surface area contributed by atoms with E-state index in [1.807, 2.05) is 6.07 Å². The van der Waals surface area contributed by atoms with Crippen molar-refractivity contribution in [2.75, 3.05) is 11.6 Å². The number of nitriles is 1. The van der Waals surface area contributed by atoms with Crippen molar-refractivity contribution in [2.45, 2.75) is 45.6 Å². The van der Waals surface area contributed by atoms with Crippen LogP contribution in [-0.2, 0) is 4.74 Å². The van der Waals surface area contributed by atoms with E-state index in [4.69, 9.17) is 10.00 Å². The van der Waals surface area contributed by atoms with Gasteiger partial charge in [0.25, 0.3) is 0 Å². The molecule has 0 aliphatic heterocycles. The number of nitrogens with one attached hydrogen (secondary N) is 1. The quantitative estimate of drug-likeness (QED) is 0.805. The number of nitrogens with zero attached hydrogens (tertiary/aromatic N) is 4. The van der Waals surface area contributed by atoms with Crippen LogP contribution in [-0.4, -0.2) is 28.2 Å². The van der Waals surface area contributed by atoms with Crippen LogP contribution in [0, 0.1) is 17.2 Å². The molecule has 0 unspecified atom stereocenters. The lowest BCUT2D eigenvalue weighted by Gasteiger charge is -2.33. The molecule has 124 valence electrons. The number of aromatic nitrogens is 2. The monoisotopic (exact) mass is 381 g/mol. The SMILES string of the molecule is CC(C)(C)OC(=O)NN(CC1CCC1)c1nc(C#N)ncc1Br. The molecule has 1 aromatic heterocycles. The molecule has 1 aliphatic rings. The number of carbonyl (C=O) groups is 1. The van der Waals surface area contributed by atoms with Crippen molar-refractivity contribution in [1.29, 1.82) is 5.26 Å². The zero-order chi connectivity index (χ0) is 17.0. The first kappa shape index (κ1) is 17.5. The summed E-state index contributed by atoms with van der Waals surface area (Å²) in [6.07, 6.45) is 4.37. The summed E-state index contributed by atoms with van der Waals surface area (Å²) in [6.45, 7) is 6.02. The molecule has 1 saturated carbocycles. The fourth-order valence-corrected chi connectivity index (χ4v) is 2.54. The number of ether oxygens (including phenoxy) is 1. The summed E-state index contributed by atoms with van der Waals surface area (Å²) in [5.74, 6) is 0.986. The summed E-state index contributed by atoms with van der Waals surface area (Å²) in [4.78, 5) is 20.2. The number of hydrogen-bond acceptors (Lipinski definition) is 6. The molecule has 2 rings (SSSR count). The molecule has 7 nitrogen and oxygen atoms in total. The summed E-state index contributed by atoms with van der Waals surface area (Å²) >= 11 is 3.37. The highest BCUT2D eigenvalue weighted by atomic mass is 79.9. The predicted octanol–water partition coefficient (Wildman–Crippen LogP) is 3.16. The highest BCUT2D eigenvalue weighted by Crippen LogP contribution is 2.30. The molecule has 0 spiro atoms. The molecule has 0 radical (unpaired) electrons. The van der Waals surface area contributed by atoms with Crippen molar-refractivity contribution >= 4 is 27.8 Å². The number of halogens is 1. The van der Waals surface area contributed by atoms with Crippen molar-refractivity contribution in [3.63, 3.8) is 0 Å². The van der Waals surface area contributed by atoms with Gasteiger partial charge in [-0.25, -0.2) is 15.2 Å². The molecule has 1 aromatic rings. The Morgan fingerprint density at radius 2 is 2.26 bits per heavy atom. The first-order valence-electron chi connectivity index (χ1n) is 7.48. The number of hydrogen-bond donors (Lipinski definition) is 1. The Morgan fingerprint density at radius 1 is 1.57 bits per heavy atom. The number of rotatable bonds is 4. The van der Waals surface area contributed by atoms with Gasteiger partial charge in [0, 0.05) is 12.7 Å². The summed E-state index contributed by atoms with van der Waals surface area (Å²) in [6, 6.07) is 1.91. The van der Waals surface area contributed by atoms with E-state index in [1.165, 1.54) is 12.6 Å². The number of anilines is 1. The van der Waals surface area contributed by atoms with Crippen molar-refractivity contribution in [1.82, 2.24) is 15.4 Å². The maximum Gasteiger partial charge on any atom is 0.426 e. The van der Waals surface area contributed by atoms with Gasteiger partial charge in [-0.1, -0.05) is 6.42 Å². The van der Waals surface area contributed by atoms with Crippen LogP contribution in [0.15, 0.2) is 10.7 Å². The largest absolute Gasteiger partial charge is 0.443 e. The van der Waals surface area contributed by atoms with Crippen LogP contribution in [0.2, 0.25) is 0 Å². The molecule has 0 saturated heterocycles. The minimum atomic E-state index is -0.590. The average molecular weight is 382 g/mol. The number of carbonyl (C=O) groups excluding carboxylic acids is 1. The van der Waals surface area contributed by atoms with E-state index < -0.39 is 11.7 Å². The smallest absolute Gasteiger partial charge is 0.426 e. The van der Waals surface area contributed by atoms with E-state index in [0.29, 0.717) is 22.8 Å². The number of amides is 1. The third-order valence-corrected chi connectivity index (χ3v) is 3.93. The second kappa shape index (κ2) is 7.13. The van der Waals surface area contributed by atoms with Gasteiger partial charge in [-0.15, -0.1) is 0 Å². The molecule has 1 N–H and O–H groups in total. The predicted molar refractivity (Wildman–Crippen MR) is 88.5 cm³/mol. The molecule has 1 amide bonds. The van der Waals surface area contributed by atoms with E-state index in [9.17, 15) is 4.79 Å². The fraction of sp³-hybridized carbons (Fsp3) is 0.600. The maximum atomic E-state index is 12.1. The highest BCUT2D eigenvalue weighted by molar-refractivity contribution is 9.10. The molecule has 1 fully saturated rings. The van der Waals surface area contributed by atoms with Gasteiger partial charge in [0.1, 0.15) is 11.7 Å². The molecule has 0 atom stereocenters. The van der Waals surface area contributed by atoms with E-state index in [-0.39, 0.29) is 5.82 Å². The van der Waals surface area contributed by atoms with Gasteiger partial charge in [0.2, 0.25) is 5.82 Å². The van der Waals surface area contributed by atoms with Gasteiger partial charge >= 0.3 is 6.09 Å². The summed E-state index contributed by atoms with van der Waals surface area (Å²) in [7, 11) is 0. The average Bonchev–Trinajstić information content (AvgIpc) is 2.40. The van der Waals surface area contributed by atoms with Gasteiger partial charge < -0.3 is 4.74 Å². The summed E-state index contributed by atoms with van der Waals surface area (Å²) in [5, 5.41) is 10.6. The molecule has 23 heavy (non-hydrogen) atoms. The van der Waals surface area contributed by atoms with E-state index in [1.54, 1.807) is 25.8 Å². The minimum absolute atomic E-state index is 0.0489. The molecule has 1 aliphatic carbocycles. The zero-order valence-electron chi connectivity index (χ0n) is 13.5. The van der Waals surface area contributed by atoms with Crippen LogP contribution < -0.4 is 10.4 Å². The maximum absolute atomic E-state index is 12.1. The van der Waals surface area contributed by atoms with Crippen molar-refractivity contribution in [2.24, 2.45) is 5.92 Å². The molecule has 8 heteroatoms. The third kappa shape index (κ3) is 5.06. The Kier molecular flexibility index (Phi) is 5.42. The van der Waals surface area contributed by atoms with Crippen LogP contribution in [0.4, 0.5) is 10.6 Å². The van der Waals surface area contributed by atoms with E-state index in [2.05, 4.69) is 31.3 Å². The first-order valence-corrected chi connectivity index (χ1v) is 8.27. The fourth-order valence-electron chi connectivity index (χ4n) is 2.13. The van der Waals surface area contributed by atoms with E-state index >= 15 is 0 Å². The van der Waals surface area contributed by atoms with Crippen molar-refractivity contribution < 1.29 is 9.53 Å². The first-order chi connectivity index (χ1) is 10.8. The van der Waals surface area contributed by atoms with Crippen LogP contribution in [0.5, 0.6) is 0 Å². The van der Waals surface area contributed by atoms with E-state index in [0.717, 1.165) is 12.8 Å². The van der Waals surface area contributed by atoms with Gasteiger partial charge in [0.05, 0.1) is 4.47 Å². The number of hydrazine groups is 1.